The highest BCUT2D eigenvalue weighted by Crippen LogP contribution is 2.23. The molecular formula is C22H26N2. The third-order valence-electron chi connectivity index (χ3n) is 4.91. The van der Waals surface area contributed by atoms with Gasteiger partial charge in [0.1, 0.15) is 0 Å². The Morgan fingerprint density at radius 1 is 1.04 bits per heavy atom. The van der Waals surface area contributed by atoms with Crippen molar-refractivity contribution in [2.24, 2.45) is 5.92 Å². The van der Waals surface area contributed by atoms with Crippen molar-refractivity contribution in [3.05, 3.63) is 77.6 Å². The SMILES string of the molecule is C=C(Nc1ccc(C)c(C)c1)[C@H](C)Cn1ccc2c(C)cccc21. The Morgan fingerprint density at radius 2 is 1.83 bits per heavy atom. The fourth-order valence-corrected chi connectivity index (χ4v) is 3.07. The summed E-state index contributed by atoms with van der Waals surface area (Å²) in [5, 5.41) is 4.80. The second kappa shape index (κ2) is 6.56. The molecule has 1 aromatic heterocycles. The molecule has 3 aromatic rings. The molecule has 0 amide bonds. The molecule has 0 fully saturated rings. The third-order valence-corrected chi connectivity index (χ3v) is 4.91. The number of allylic oxidation sites excluding steroid dienone is 1. The van der Waals surface area contributed by atoms with Crippen LogP contribution in [0, 0.1) is 26.7 Å². The minimum absolute atomic E-state index is 0.336. The van der Waals surface area contributed by atoms with E-state index in [1.807, 2.05) is 0 Å². The van der Waals surface area contributed by atoms with E-state index in [0.29, 0.717) is 5.92 Å². The van der Waals surface area contributed by atoms with E-state index in [1.165, 1.54) is 27.6 Å². The first-order valence-electron chi connectivity index (χ1n) is 8.53. The van der Waals surface area contributed by atoms with Crippen molar-refractivity contribution >= 4 is 16.6 Å². The number of nitrogens with one attached hydrogen (secondary N) is 1. The Morgan fingerprint density at radius 3 is 2.58 bits per heavy atom. The number of rotatable bonds is 5. The summed E-state index contributed by atoms with van der Waals surface area (Å²) in [7, 11) is 0. The molecule has 2 aromatic carbocycles. The Bertz CT molecular complexity index is 886. The highest BCUT2D eigenvalue weighted by Gasteiger charge is 2.11. The normalized spacial score (nSPS) is 12.3. The van der Waals surface area contributed by atoms with Gasteiger partial charge < -0.3 is 9.88 Å². The summed E-state index contributed by atoms with van der Waals surface area (Å²) in [6.07, 6.45) is 2.18. The van der Waals surface area contributed by atoms with Gasteiger partial charge in [0.2, 0.25) is 0 Å². The molecule has 1 N–H and O–H groups in total. The number of nitrogens with zero attached hydrogens (tertiary/aromatic N) is 1. The minimum Gasteiger partial charge on any atom is -0.359 e. The Balaban J connectivity index is 1.73. The molecule has 0 bridgehead atoms. The van der Waals surface area contributed by atoms with Gasteiger partial charge >= 0.3 is 0 Å². The maximum atomic E-state index is 4.26. The van der Waals surface area contributed by atoms with Crippen LogP contribution >= 0.6 is 0 Å². The van der Waals surface area contributed by atoms with Gasteiger partial charge in [0.05, 0.1) is 0 Å². The van der Waals surface area contributed by atoms with E-state index in [4.69, 9.17) is 0 Å². The van der Waals surface area contributed by atoms with Crippen molar-refractivity contribution < 1.29 is 0 Å². The quantitative estimate of drug-likeness (QED) is 0.626. The lowest BCUT2D eigenvalue weighted by molar-refractivity contribution is 0.562. The van der Waals surface area contributed by atoms with Gasteiger partial charge in [-0.1, -0.05) is 31.7 Å². The fourth-order valence-electron chi connectivity index (χ4n) is 3.07. The van der Waals surface area contributed by atoms with Crippen LogP contribution in [0.3, 0.4) is 0 Å². The molecule has 0 aliphatic rings. The van der Waals surface area contributed by atoms with Crippen molar-refractivity contribution in [3.63, 3.8) is 0 Å². The van der Waals surface area contributed by atoms with E-state index < -0.39 is 0 Å². The van der Waals surface area contributed by atoms with Gasteiger partial charge in [-0.25, -0.2) is 0 Å². The zero-order valence-corrected chi connectivity index (χ0v) is 15.1. The van der Waals surface area contributed by atoms with Crippen LogP contribution in [0.2, 0.25) is 0 Å². The lowest BCUT2D eigenvalue weighted by atomic mass is 10.1. The number of hydrogen-bond donors (Lipinski definition) is 1. The van der Waals surface area contributed by atoms with Crippen LogP contribution < -0.4 is 5.32 Å². The van der Waals surface area contributed by atoms with Crippen LogP contribution in [0.1, 0.15) is 23.6 Å². The number of anilines is 1. The molecule has 0 aliphatic carbocycles. The highest BCUT2D eigenvalue weighted by atomic mass is 15.0. The first-order chi connectivity index (χ1) is 11.5. The summed E-state index contributed by atoms with van der Waals surface area (Å²) in [5.41, 5.74) is 7.39. The van der Waals surface area contributed by atoms with Crippen LogP contribution in [-0.4, -0.2) is 4.57 Å². The van der Waals surface area contributed by atoms with E-state index in [0.717, 1.165) is 17.9 Å². The molecule has 124 valence electrons. The van der Waals surface area contributed by atoms with Crippen molar-refractivity contribution in [1.82, 2.24) is 4.57 Å². The van der Waals surface area contributed by atoms with Crippen molar-refractivity contribution in [2.45, 2.75) is 34.2 Å². The van der Waals surface area contributed by atoms with E-state index in [1.54, 1.807) is 0 Å². The standard InChI is InChI=1S/C22H26N2/c1-15-9-10-20(13-17(15)3)23-19(5)18(4)14-24-12-11-21-16(2)7-6-8-22(21)24/h6-13,18,23H,5,14H2,1-4H3/t18-/m1/s1. The zero-order valence-electron chi connectivity index (χ0n) is 15.1. The van der Waals surface area contributed by atoms with Crippen molar-refractivity contribution in [3.8, 4) is 0 Å². The van der Waals surface area contributed by atoms with Gasteiger partial charge in [-0.15, -0.1) is 0 Å². The second-order valence-electron chi connectivity index (χ2n) is 6.83. The number of benzene rings is 2. The van der Waals surface area contributed by atoms with E-state index >= 15 is 0 Å². The van der Waals surface area contributed by atoms with Crippen LogP contribution in [-0.2, 0) is 6.54 Å². The predicted molar refractivity (Wildman–Crippen MR) is 105 cm³/mol. The van der Waals surface area contributed by atoms with Crippen molar-refractivity contribution in [1.29, 1.82) is 0 Å². The Labute approximate surface area is 144 Å². The predicted octanol–water partition coefficient (Wildman–Crippen LogP) is 5.83. The topological polar surface area (TPSA) is 17.0 Å². The first-order valence-corrected chi connectivity index (χ1v) is 8.53. The molecule has 0 saturated carbocycles. The maximum Gasteiger partial charge on any atom is 0.0483 e. The summed E-state index contributed by atoms with van der Waals surface area (Å²) in [6.45, 7) is 13.8. The Kier molecular flexibility index (Phi) is 4.48. The molecule has 1 heterocycles. The maximum absolute atomic E-state index is 4.26. The van der Waals surface area contributed by atoms with Gasteiger partial charge in [0.15, 0.2) is 0 Å². The number of aromatic nitrogens is 1. The summed E-state index contributed by atoms with van der Waals surface area (Å²) in [6, 6.07) is 15.1. The summed E-state index contributed by atoms with van der Waals surface area (Å²) in [4.78, 5) is 0. The first kappa shape index (κ1) is 16.4. The minimum atomic E-state index is 0.336. The van der Waals surface area contributed by atoms with Crippen LogP contribution in [0.15, 0.2) is 60.9 Å². The van der Waals surface area contributed by atoms with E-state index in [-0.39, 0.29) is 0 Å². The molecule has 0 spiro atoms. The molecular weight excluding hydrogens is 292 g/mol. The zero-order chi connectivity index (χ0) is 17.3. The van der Waals surface area contributed by atoms with Crippen LogP contribution in [0.25, 0.3) is 10.9 Å². The number of hydrogen-bond acceptors (Lipinski definition) is 1. The molecule has 3 rings (SSSR count). The van der Waals surface area contributed by atoms with Crippen molar-refractivity contribution in [2.75, 3.05) is 5.32 Å². The monoisotopic (exact) mass is 318 g/mol. The third kappa shape index (κ3) is 3.23. The smallest absolute Gasteiger partial charge is 0.0483 e. The lowest BCUT2D eigenvalue weighted by Gasteiger charge is -2.19. The lowest BCUT2D eigenvalue weighted by Crippen LogP contribution is -2.14. The molecule has 0 radical (unpaired) electrons. The van der Waals surface area contributed by atoms with Gasteiger partial charge in [-0.3, -0.25) is 0 Å². The van der Waals surface area contributed by atoms with Gasteiger partial charge in [-0.2, -0.15) is 0 Å². The van der Waals surface area contributed by atoms with Crippen LogP contribution in [0.5, 0.6) is 0 Å². The van der Waals surface area contributed by atoms with Gasteiger partial charge in [-0.05, 0) is 61.7 Å². The fraction of sp³-hybridized carbons (Fsp3) is 0.273. The summed E-state index contributed by atoms with van der Waals surface area (Å²) in [5.74, 6) is 0.336. The van der Waals surface area contributed by atoms with Gasteiger partial charge in [0.25, 0.3) is 0 Å². The average Bonchev–Trinajstić information content (AvgIpc) is 2.95. The second-order valence-corrected chi connectivity index (χ2v) is 6.83. The largest absolute Gasteiger partial charge is 0.359 e. The molecule has 1 atom stereocenters. The average molecular weight is 318 g/mol. The van der Waals surface area contributed by atoms with Crippen LogP contribution in [0.4, 0.5) is 5.69 Å². The van der Waals surface area contributed by atoms with E-state index in [2.05, 4.69) is 92.8 Å². The Hall–Kier alpha value is -2.48. The molecule has 2 nitrogen and oxygen atoms in total. The highest BCUT2D eigenvalue weighted by molar-refractivity contribution is 5.83. The number of fused-ring (bicyclic) bond motifs is 1. The van der Waals surface area contributed by atoms with E-state index in [9.17, 15) is 0 Å². The molecule has 24 heavy (non-hydrogen) atoms. The molecule has 0 saturated heterocycles. The molecule has 0 aliphatic heterocycles. The van der Waals surface area contributed by atoms with Gasteiger partial charge in [0, 0.05) is 40.9 Å². The summed E-state index contributed by atoms with van der Waals surface area (Å²) >= 11 is 0. The number of aryl methyl sites for hydroxylation is 3. The molecule has 0 unspecified atom stereocenters. The summed E-state index contributed by atoms with van der Waals surface area (Å²) < 4.78 is 2.32. The molecule has 2 heteroatoms.